The number of rotatable bonds is 2. The average Bonchev–Trinajstić information content (AvgIpc) is 2.33. The summed E-state index contributed by atoms with van der Waals surface area (Å²) in [4.78, 5) is 11.6. The molecule has 9 heteroatoms. The van der Waals surface area contributed by atoms with Gasteiger partial charge in [-0.25, -0.2) is 4.79 Å². The molecule has 1 atom stereocenters. The van der Waals surface area contributed by atoms with E-state index in [-0.39, 0.29) is 5.56 Å². The minimum Gasteiger partial charge on any atom is -0.458 e. The number of ether oxygens (including phenoxy) is 2. The van der Waals surface area contributed by atoms with Crippen molar-refractivity contribution in [2.75, 3.05) is 0 Å². The summed E-state index contributed by atoms with van der Waals surface area (Å²) < 4.78 is 83.2. The van der Waals surface area contributed by atoms with Crippen molar-refractivity contribution in [2.45, 2.75) is 25.1 Å². The van der Waals surface area contributed by atoms with Crippen molar-refractivity contribution >= 4 is 5.97 Å². The minimum atomic E-state index is -5.60. The lowest BCUT2D eigenvalue weighted by molar-refractivity contribution is -0.195. The second-order valence-electron chi connectivity index (χ2n) is 4.32. The van der Waals surface area contributed by atoms with Gasteiger partial charge in [-0.1, -0.05) is 18.2 Å². The molecule has 1 aliphatic rings. The van der Waals surface area contributed by atoms with Crippen LogP contribution in [0.25, 0.3) is 0 Å². The third kappa shape index (κ3) is 3.52. The van der Waals surface area contributed by atoms with Crippen LogP contribution < -0.4 is 0 Å². The zero-order valence-electron chi connectivity index (χ0n) is 10.7. The SMILES string of the molecule is O=C(OC1CC(=C(C(F)(F)F)C(F)(F)F)O1)c1ccccc1. The van der Waals surface area contributed by atoms with E-state index in [0.29, 0.717) is 0 Å². The molecule has 1 aromatic rings. The first-order chi connectivity index (χ1) is 10.1. The molecule has 3 nitrogen and oxygen atoms in total. The number of allylic oxidation sites excluding steroid dienone is 1. The summed E-state index contributed by atoms with van der Waals surface area (Å²) in [6.45, 7) is 0. The smallest absolute Gasteiger partial charge is 0.424 e. The zero-order valence-corrected chi connectivity index (χ0v) is 10.7. The zero-order chi connectivity index (χ0) is 16.5. The van der Waals surface area contributed by atoms with Crippen molar-refractivity contribution < 1.29 is 40.6 Å². The Balaban J connectivity index is 2.05. The van der Waals surface area contributed by atoms with Gasteiger partial charge in [-0.2, -0.15) is 26.3 Å². The molecule has 0 amide bonds. The van der Waals surface area contributed by atoms with Gasteiger partial charge < -0.3 is 9.47 Å². The van der Waals surface area contributed by atoms with Gasteiger partial charge in [0.2, 0.25) is 0 Å². The van der Waals surface area contributed by atoms with Crippen LogP contribution in [0.2, 0.25) is 0 Å². The number of carbonyl (C=O) groups is 1. The lowest BCUT2D eigenvalue weighted by Gasteiger charge is -2.32. The van der Waals surface area contributed by atoms with Crippen LogP contribution in [-0.2, 0) is 9.47 Å². The topological polar surface area (TPSA) is 35.5 Å². The van der Waals surface area contributed by atoms with Crippen molar-refractivity contribution in [3.8, 4) is 0 Å². The maximum Gasteiger partial charge on any atom is 0.424 e. The highest BCUT2D eigenvalue weighted by Crippen LogP contribution is 2.45. The standard InChI is InChI=1S/C13H8F6O3/c14-12(15,16)10(13(17,18)19)8-6-9(21-8)22-11(20)7-4-2-1-3-5-7/h1-5,9H,6H2. The normalized spacial score (nSPS) is 18.3. The van der Waals surface area contributed by atoms with E-state index in [1.807, 2.05) is 0 Å². The van der Waals surface area contributed by atoms with E-state index in [1.54, 1.807) is 6.07 Å². The predicted molar refractivity (Wildman–Crippen MR) is 60.5 cm³/mol. The van der Waals surface area contributed by atoms with Gasteiger partial charge in [-0.05, 0) is 12.1 Å². The van der Waals surface area contributed by atoms with Crippen LogP contribution in [-0.4, -0.2) is 24.6 Å². The number of hydrogen-bond acceptors (Lipinski definition) is 3. The third-order valence-corrected chi connectivity index (χ3v) is 2.72. The molecule has 120 valence electrons. The van der Waals surface area contributed by atoms with Crippen LogP contribution in [0.1, 0.15) is 16.8 Å². The summed E-state index contributed by atoms with van der Waals surface area (Å²) in [6, 6.07) is 7.43. The fourth-order valence-corrected chi connectivity index (χ4v) is 1.77. The number of hydrogen-bond donors (Lipinski definition) is 0. The summed E-state index contributed by atoms with van der Waals surface area (Å²) in [5, 5.41) is 0. The van der Waals surface area contributed by atoms with Gasteiger partial charge in [0.15, 0.2) is 5.57 Å². The van der Waals surface area contributed by atoms with Crippen molar-refractivity contribution in [3.05, 3.63) is 47.2 Å². The molecule has 0 saturated carbocycles. The van der Waals surface area contributed by atoms with E-state index in [9.17, 15) is 31.1 Å². The molecule has 2 rings (SSSR count). The van der Waals surface area contributed by atoms with Crippen molar-refractivity contribution in [2.24, 2.45) is 0 Å². The van der Waals surface area contributed by atoms with E-state index < -0.39 is 42.4 Å². The Morgan fingerprint density at radius 3 is 2.00 bits per heavy atom. The van der Waals surface area contributed by atoms with Gasteiger partial charge in [0, 0.05) is 0 Å². The predicted octanol–water partition coefficient (Wildman–Crippen LogP) is 3.97. The van der Waals surface area contributed by atoms with Gasteiger partial charge in [0.1, 0.15) is 5.76 Å². The molecule has 0 N–H and O–H groups in total. The largest absolute Gasteiger partial charge is 0.458 e. The number of benzene rings is 1. The van der Waals surface area contributed by atoms with E-state index >= 15 is 0 Å². The van der Waals surface area contributed by atoms with Crippen LogP contribution in [0.15, 0.2) is 41.7 Å². The highest BCUT2D eigenvalue weighted by atomic mass is 19.4. The Bertz CT molecular complexity index is 564. The van der Waals surface area contributed by atoms with Gasteiger partial charge in [-0.15, -0.1) is 0 Å². The van der Waals surface area contributed by atoms with Gasteiger partial charge in [0.05, 0.1) is 12.0 Å². The summed E-state index contributed by atoms with van der Waals surface area (Å²) in [5.74, 6) is -2.18. The minimum absolute atomic E-state index is 0.107. The van der Waals surface area contributed by atoms with Gasteiger partial charge >= 0.3 is 18.3 Å². The van der Waals surface area contributed by atoms with Crippen molar-refractivity contribution in [1.82, 2.24) is 0 Å². The second kappa shape index (κ2) is 5.54. The first kappa shape index (κ1) is 16.2. The van der Waals surface area contributed by atoms with E-state index in [2.05, 4.69) is 9.47 Å². The monoisotopic (exact) mass is 326 g/mol. The van der Waals surface area contributed by atoms with Crippen LogP contribution in [0.4, 0.5) is 26.3 Å². The van der Waals surface area contributed by atoms with E-state index in [1.165, 1.54) is 24.3 Å². The summed E-state index contributed by atoms with van der Waals surface area (Å²) >= 11 is 0. The Hall–Kier alpha value is -2.19. The lowest BCUT2D eigenvalue weighted by atomic mass is 10.1. The summed E-state index contributed by atoms with van der Waals surface area (Å²) in [5.41, 5.74) is -2.61. The molecule has 1 aliphatic heterocycles. The Labute approximate surface area is 120 Å². The molecule has 0 radical (unpaired) electrons. The molecule has 1 fully saturated rings. The maximum atomic E-state index is 12.4. The van der Waals surface area contributed by atoms with E-state index in [4.69, 9.17) is 0 Å². The molecule has 0 aromatic heterocycles. The van der Waals surface area contributed by atoms with Crippen molar-refractivity contribution in [3.63, 3.8) is 0 Å². The molecular formula is C13H8F6O3. The van der Waals surface area contributed by atoms with Gasteiger partial charge in [0.25, 0.3) is 6.29 Å². The van der Waals surface area contributed by atoms with Crippen LogP contribution in [0, 0.1) is 0 Å². The number of carbonyl (C=O) groups excluding carboxylic acids is 1. The molecule has 1 saturated heterocycles. The van der Waals surface area contributed by atoms with Crippen LogP contribution in [0.3, 0.4) is 0 Å². The number of alkyl halides is 6. The molecule has 1 aromatic carbocycles. The van der Waals surface area contributed by atoms with E-state index in [0.717, 1.165) is 0 Å². The average molecular weight is 326 g/mol. The number of halogens is 6. The van der Waals surface area contributed by atoms with Crippen molar-refractivity contribution in [1.29, 1.82) is 0 Å². The van der Waals surface area contributed by atoms with Gasteiger partial charge in [-0.3, -0.25) is 0 Å². The quantitative estimate of drug-likeness (QED) is 0.609. The Morgan fingerprint density at radius 2 is 1.55 bits per heavy atom. The molecule has 22 heavy (non-hydrogen) atoms. The lowest BCUT2D eigenvalue weighted by Crippen LogP contribution is -2.37. The Kier molecular flexibility index (Phi) is 4.08. The highest BCUT2D eigenvalue weighted by Gasteiger charge is 2.56. The second-order valence-corrected chi connectivity index (χ2v) is 4.32. The fraction of sp³-hybridized carbons (Fsp3) is 0.308. The van der Waals surface area contributed by atoms with Crippen LogP contribution >= 0.6 is 0 Å². The maximum absolute atomic E-state index is 12.4. The molecule has 1 heterocycles. The third-order valence-electron chi connectivity index (χ3n) is 2.72. The molecule has 0 bridgehead atoms. The summed E-state index contributed by atoms with van der Waals surface area (Å²) in [7, 11) is 0. The molecule has 0 aliphatic carbocycles. The molecule has 1 unspecified atom stereocenters. The van der Waals surface area contributed by atoms with Crippen LogP contribution in [0.5, 0.6) is 0 Å². The molecule has 0 spiro atoms. The molecular weight excluding hydrogens is 318 g/mol. The highest BCUT2D eigenvalue weighted by molar-refractivity contribution is 5.89. The summed E-state index contributed by atoms with van der Waals surface area (Å²) in [6.07, 6.45) is -13.4. The Morgan fingerprint density at radius 1 is 1.05 bits per heavy atom. The first-order valence-electron chi connectivity index (χ1n) is 5.89. The number of esters is 1. The fourth-order valence-electron chi connectivity index (χ4n) is 1.77. The first-order valence-corrected chi connectivity index (χ1v) is 5.89.